The maximum Gasteiger partial charge on any atom is 0.220 e. The van der Waals surface area contributed by atoms with Crippen molar-refractivity contribution in [2.45, 2.75) is 51.5 Å². The Balaban J connectivity index is 1.90. The number of amides is 1. The van der Waals surface area contributed by atoms with Gasteiger partial charge in [-0.3, -0.25) is 4.79 Å². The minimum atomic E-state index is 0.156. The largest absolute Gasteiger partial charge is 0.351 e. The van der Waals surface area contributed by atoms with Gasteiger partial charge in [-0.05, 0) is 38.1 Å². The van der Waals surface area contributed by atoms with Crippen LogP contribution in [0.5, 0.6) is 0 Å². The van der Waals surface area contributed by atoms with Crippen molar-refractivity contribution in [3.05, 3.63) is 0 Å². The van der Waals surface area contributed by atoms with Crippen molar-refractivity contribution in [3.8, 4) is 0 Å². The van der Waals surface area contributed by atoms with Gasteiger partial charge < -0.3 is 10.2 Å². The molecule has 1 N–H and O–H groups in total. The van der Waals surface area contributed by atoms with Gasteiger partial charge in [0.15, 0.2) is 0 Å². The summed E-state index contributed by atoms with van der Waals surface area (Å²) in [4.78, 5) is 13.9. The second-order valence-corrected chi connectivity index (χ2v) is 5.88. The van der Waals surface area contributed by atoms with Gasteiger partial charge in [0, 0.05) is 25.0 Å². The Morgan fingerprint density at radius 3 is 2.75 bits per heavy atom. The molecule has 0 aromatic heterocycles. The van der Waals surface area contributed by atoms with Crippen LogP contribution in [0.3, 0.4) is 0 Å². The number of rotatable bonds is 2. The Hall–Kier alpha value is -0.570. The highest BCUT2D eigenvalue weighted by Crippen LogP contribution is 2.31. The first-order valence-electron chi connectivity index (χ1n) is 6.63. The van der Waals surface area contributed by atoms with Crippen LogP contribution < -0.4 is 5.32 Å². The first-order valence-corrected chi connectivity index (χ1v) is 6.63. The molecule has 1 atom stereocenters. The number of nitrogens with zero attached hydrogens (tertiary/aromatic N) is 1. The van der Waals surface area contributed by atoms with Gasteiger partial charge in [-0.2, -0.15) is 0 Å². The molecule has 0 unspecified atom stereocenters. The highest BCUT2D eigenvalue weighted by Gasteiger charge is 2.38. The third kappa shape index (κ3) is 2.76. The molecular formula is C13H24N2O. The van der Waals surface area contributed by atoms with Crippen LogP contribution in [0.15, 0.2) is 0 Å². The minimum Gasteiger partial charge on any atom is -0.351 e. The molecule has 2 heterocycles. The van der Waals surface area contributed by atoms with E-state index in [0.29, 0.717) is 0 Å². The van der Waals surface area contributed by atoms with Crippen LogP contribution in [0, 0.1) is 5.92 Å². The third-order valence-electron chi connectivity index (χ3n) is 3.89. The van der Waals surface area contributed by atoms with E-state index in [1.54, 1.807) is 0 Å². The molecule has 3 heteroatoms. The number of likely N-dealkylation sites (tertiary alicyclic amines) is 1. The normalized spacial score (nSPS) is 32.1. The van der Waals surface area contributed by atoms with Gasteiger partial charge in [-0.25, -0.2) is 0 Å². The van der Waals surface area contributed by atoms with Gasteiger partial charge in [0.1, 0.15) is 0 Å². The first-order chi connectivity index (χ1) is 7.60. The quantitative estimate of drug-likeness (QED) is 0.775. The van der Waals surface area contributed by atoms with E-state index in [0.717, 1.165) is 31.7 Å². The Morgan fingerprint density at radius 1 is 1.31 bits per heavy atom. The second kappa shape index (κ2) is 4.74. The predicted molar refractivity (Wildman–Crippen MR) is 65.2 cm³/mol. The Labute approximate surface area is 98.6 Å². The summed E-state index contributed by atoms with van der Waals surface area (Å²) in [5.74, 6) is 1.00. The van der Waals surface area contributed by atoms with E-state index in [1.165, 1.54) is 25.9 Å². The lowest BCUT2D eigenvalue weighted by molar-refractivity contribution is -0.119. The summed E-state index contributed by atoms with van der Waals surface area (Å²) in [7, 11) is 0. The Morgan fingerprint density at radius 2 is 2.12 bits per heavy atom. The summed E-state index contributed by atoms with van der Waals surface area (Å²) < 4.78 is 0. The van der Waals surface area contributed by atoms with Crippen LogP contribution >= 0.6 is 0 Å². The molecular weight excluding hydrogens is 200 g/mol. The topological polar surface area (TPSA) is 32.3 Å². The molecule has 0 bridgehead atoms. The fraction of sp³-hybridized carbons (Fsp3) is 0.923. The van der Waals surface area contributed by atoms with Crippen molar-refractivity contribution in [2.75, 3.05) is 19.6 Å². The zero-order chi connectivity index (χ0) is 11.6. The second-order valence-electron chi connectivity index (χ2n) is 5.88. The van der Waals surface area contributed by atoms with E-state index in [2.05, 4.69) is 24.1 Å². The number of nitrogens with one attached hydrogen (secondary N) is 1. The summed E-state index contributed by atoms with van der Waals surface area (Å²) in [6.07, 6.45) is 5.34. The van der Waals surface area contributed by atoms with Crippen molar-refractivity contribution < 1.29 is 4.79 Å². The molecule has 0 saturated carbocycles. The van der Waals surface area contributed by atoms with Crippen LogP contribution in [0.2, 0.25) is 0 Å². The molecule has 0 aromatic carbocycles. The van der Waals surface area contributed by atoms with E-state index in [1.807, 2.05) is 0 Å². The lowest BCUT2D eigenvalue weighted by atomic mass is 9.89. The zero-order valence-corrected chi connectivity index (χ0v) is 10.6. The van der Waals surface area contributed by atoms with Crippen LogP contribution in [-0.4, -0.2) is 36.0 Å². The monoisotopic (exact) mass is 224 g/mol. The molecule has 0 aromatic rings. The molecule has 0 radical (unpaired) electrons. The average molecular weight is 224 g/mol. The number of hydrogen-bond acceptors (Lipinski definition) is 2. The van der Waals surface area contributed by atoms with Crippen molar-refractivity contribution in [2.24, 2.45) is 5.92 Å². The smallest absolute Gasteiger partial charge is 0.220 e. The average Bonchev–Trinajstić information content (AvgIpc) is 2.44. The predicted octanol–water partition coefficient (Wildman–Crippen LogP) is 1.78. The molecule has 2 rings (SSSR count). The minimum absolute atomic E-state index is 0.156. The highest BCUT2D eigenvalue weighted by molar-refractivity contribution is 5.79. The Bertz CT molecular complexity index is 265. The zero-order valence-electron chi connectivity index (χ0n) is 10.6. The first kappa shape index (κ1) is 11.9. The molecule has 2 saturated heterocycles. The standard InChI is InChI=1S/C13H24N2O/c1-11(2)10-15-8-3-5-13(7-9-15)6-4-12(16)14-13/h11H,3-10H2,1-2H3,(H,14,16)/t13-/m1/s1. The Kier molecular flexibility index (Phi) is 3.53. The van der Waals surface area contributed by atoms with E-state index in [9.17, 15) is 4.79 Å². The summed E-state index contributed by atoms with van der Waals surface area (Å²) >= 11 is 0. The summed E-state index contributed by atoms with van der Waals surface area (Å²) in [5, 5.41) is 3.22. The van der Waals surface area contributed by atoms with E-state index >= 15 is 0 Å². The van der Waals surface area contributed by atoms with Crippen LogP contribution in [0.4, 0.5) is 0 Å². The van der Waals surface area contributed by atoms with Gasteiger partial charge in [-0.1, -0.05) is 13.8 Å². The lowest BCUT2D eigenvalue weighted by Gasteiger charge is -2.28. The van der Waals surface area contributed by atoms with Gasteiger partial charge in [0.2, 0.25) is 5.91 Å². The van der Waals surface area contributed by atoms with Crippen LogP contribution in [0.25, 0.3) is 0 Å². The van der Waals surface area contributed by atoms with Gasteiger partial charge in [0.25, 0.3) is 0 Å². The van der Waals surface area contributed by atoms with Crippen molar-refractivity contribution >= 4 is 5.91 Å². The summed E-state index contributed by atoms with van der Waals surface area (Å²) in [6, 6.07) is 0. The van der Waals surface area contributed by atoms with Gasteiger partial charge in [-0.15, -0.1) is 0 Å². The van der Waals surface area contributed by atoms with E-state index in [-0.39, 0.29) is 11.4 Å². The molecule has 2 fully saturated rings. The van der Waals surface area contributed by atoms with E-state index in [4.69, 9.17) is 0 Å². The number of hydrogen-bond donors (Lipinski definition) is 1. The lowest BCUT2D eigenvalue weighted by Crippen LogP contribution is -2.42. The maximum absolute atomic E-state index is 11.4. The van der Waals surface area contributed by atoms with Gasteiger partial charge >= 0.3 is 0 Å². The molecule has 2 aliphatic heterocycles. The van der Waals surface area contributed by atoms with Crippen molar-refractivity contribution in [3.63, 3.8) is 0 Å². The fourth-order valence-electron chi connectivity index (χ4n) is 3.10. The summed E-state index contributed by atoms with van der Waals surface area (Å²) in [6.45, 7) is 8.11. The molecule has 2 aliphatic rings. The van der Waals surface area contributed by atoms with Crippen LogP contribution in [0.1, 0.15) is 46.0 Å². The van der Waals surface area contributed by atoms with Crippen molar-refractivity contribution in [1.82, 2.24) is 10.2 Å². The molecule has 16 heavy (non-hydrogen) atoms. The number of carbonyl (C=O) groups is 1. The highest BCUT2D eigenvalue weighted by atomic mass is 16.2. The molecule has 0 aliphatic carbocycles. The number of carbonyl (C=O) groups excluding carboxylic acids is 1. The SMILES string of the molecule is CC(C)CN1CCC[C@@]2(CCC(=O)N2)CC1. The fourth-order valence-corrected chi connectivity index (χ4v) is 3.10. The molecule has 1 amide bonds. The molecule has 92 valence electrons. The third-order valence-corrected chi connectivity index (χ3v) is 3.89. The molecule has 3 nitrogen and oxygen atoms in total. The van der Waals surface area contributed by atoms with Crippen LogP contribution in [-0.2, 0) is 4.79 Å². The van der Waals surface area contributed by atoms with E-state index < -0.39 is 0 Å². The molecule has 1 spiro atoms. The maximum atomic E-state index is 11.4. The van der Waals surface area contributed by atoms with Gasteiger partial charge in [0.05, 0.1) is 0 Å². The van der Waals surface area contributed by atoms with Crippen molar-refractivity contribution in [1.29, 1.82) is 0 Å². The summed E-state index contributed by atoms with van der Waals surface area (Å²) in [5.41, 5.74) is 0.156.